The van der Waals surface area contributed by atoms with E-state index in [2.05, 4.69) is 15.4 Å². The first-order valence-corrected chi connectivity index (χ1v) is 8.68. The highest BCUT2D eigenvalue weighted by molar-refractivity contribution is 5.94. The average molecular weight is 383 g/mol. The van der Waals surface area contributed by atoms with E-state index in [9.17, 15) is 4.79 Å². The smallest absolute Gasteiger partial charge is 0.361 e. The topological polar surface area (TPSA) is 95.6 Å². The molecule has 28 heavy (non-hydrogen) atoms. The second kappa shape index (κ2) is 8.90. The molecule has 0 radical (unpaired) electrons. The van der Waals surface area contributed by atoms with Crippen molar-refractivity contribution < 1.29 is 23.7 Å². The van der Waals surface area contributed by atoms with Gasteiger partial charge in [0.05, 0.1) is 20.8 Å². The Labute approximate surface area is 162 Å². The molecule has 3 rings (SSSR count). The van der Waals surface area contributed by atoms with E-state index in [0.717, 1.165) is 11.3 Å². The van der Waals surface area contributed by atoms with Crippen LogP contribution >= 0.6 is 0 Å². The van der Waals surface area contributed by atoms with Gasteiger partial charge in [0.1, 0.15) is 29.5 Å². The summed E-state index contributed by atoms with van der Waals surface area (Å²) in [5.74, 6) is 1.59. The molecule has 146 valence electrons. The molecule has 0 atom stereocenters. The quantitative estimate of drug-likeness (QED) is 0.597. The number of hydrogen-bond donors (Lipinski definition) is 1. The fourth-order valence-corrected chi connectivity index (χ4v) is 2.65. The minimum absolute atomic E-state index is 0.133. The summed E-state index contributed by atoms with van der Waals surface area (Å²) in [6, 6.07) is 12.7. The summed E-state index contributed by atoms with van der Waals surface area (Å²) >= 11 is 0. The van der Waals surface area contributed by atoms with Crippen LogP contribution in [0.5, 0.6) is 17.2 Å². The summed E-state index contributed by atoms with van der Waals surface area (Å²) in [6.45, 7) is 2.27. The zero-order valence-corrected chi connectivity index (χ0v) is 15.9. The maximum absolute atomic E-state index is 12.1. The largest absolute Gasteiger partial charge is 0.497 e. The predicted molar refractivity (Wildman–Crippen MR) is 102 cm³/mol. The van der Waals surface area contributed by atoms with Crippen LogP contribution < -0.4 is 14.2 Å². The molecule has 0 spiro atoms. The van der Waals surface area contributed by atoms with E-state index in [1.807, 2.05) is 30.3 Å². The molecule has 0 aliphatic rings. The lowest BCUT2D eigenvalue weighted by Crippen LogP contribution is -2.07. The Bertz CT molecular complexity index is 937. The Morgan fingerprint density at radius 1 is 1.00 bits per heavy atom. The van der Waals surface area contributed by atoms with Crippen LogP contribution in [0.4, 0.5) is 0 Å². The molecule has 0 amide bonds. The summed E-state index contributed by atoms with van der Waals surface area (Å²) in [4.78, 5) is 12.1. The molecule has 1 aromatic heterocycles. The van der Waals surface area contributed by atoms with Crippen molar-refractivity contribution in [2.75, 3.05) is 20.8 Å². The van der Waals surface area contributed by atoms with Gasteiger partial charge in [0.25, 0.3) is 0 Å². The normalized spacial score (nSPS) is 10.4. The number of nitrogens with zero attached hydrogens (tertiary/aromatic N) is 2. The summed E-state index contributed by atoms with van der Waals surface area (Å²) in [6.07, 6.45) is 0. The first-order valence-electron chi connectivity index (χ1n) is 8.68. The third-order valence-corrected chi connectivity index (χ3v) is 4.02. The minimum Gasteiger partial charge on any atom is -0.497 e. The molecule has 0 fully saturated rings. The molecule has 1 heterocycles. The number of methoxy groups -OCH3 is 2. The van der Waals surface area contributed by atoms with Gasteiger partial charge >= 0.3 is 5.97 Å². The Balaban J connectivity index is 1.84. The Morgan fingerprint density at radius 2 is 1.75 bits per heavy atom. The number of aromatic nitrogens is 3. The second-order valence-electron chi connectivity index (χ2n) is 5.73. The van der Waals surface area contributed by atoms with Gasteiger partial charge in [0.15, 0.2) is 5.69 Å². The van der Waals surface area contributed by atoms with E-state index >= 15 is 0 Å². The summed E-state index contributed by atoms with van der Waals surface area (Å²) in [7, 11) is 3.20. The van der Waals surface area contributed by atoms with E-state index < -0.39 is 5.97 Å². The molecule has 0 aliphatic heterocycles. The molecule has 2 aromatic carbocycles. The lowest BCUT2D eigenvalue weighted by Gasteiger charge is -2.12. The number of benzene rings is 2. The maximum Gasteiger partial charge on any atom is 0.361 e. The zero-order valence-electron chi connectivity index (χ0n) is 15.9. The first kappa shape index (κ1) is 19.2. The molecule has 0 bridgehead atoms. The van der Waals surface area contributed by atoms with Crippen molar-refractivity contribution in [1.82, 2.24) is 15.4 Å². The molecule has 0 aliphatic carbocycles. The van der Waals surface area contributed by atoms with Crippen molar-refractivity contribution >= 4 is 5.97 Å². The molecule has 3 aromatic rings. The molecular formula is C20H21N3O5. The van der Waals surface area contributed by atoms with Crippen LogP contribution in [0.25, 0.3) is 11.3 Å². The van der Waals surface area contributed by atoms with Crippen LogP contribution in [0.15, 0.2) is 42.5 Å². The van der Waals surface area contributed by atoms with Crippen LogP contribution in [-0.2, 0) is 11.3 Å². The lowest BCUT2D eigenvalue weighted by molar-refractivity contribution is 0.0520. The van der Waals surface area contributed by atoms with Crippen LogP contribution in [0.1, 0.15) is 23.0 Å². The van der Waals surface area contributed by atoms with Gasteiger partial charge in [-0.05, 0) is 49.4 Å². The van der Waals surface area contributed by atoms with Gasteiger partial charge in [-0.15, -0.1) is 5.10 Å². The van der Waals surface area contributed by atoms with Gasteiger partial charge < -0.3 is 18.9 Å². The molecule has 1 N–H and O–H groups in total. The third kappa shape index (κ3) is 4.22. The zero-order chi connectivity index (χ0) is 19.9. The summed E-state index contributed by atoms with van der Waals surface area (Å²) in [5.41, 5.74) is 2.04. The van der Waals surface area contributed by atoms with E-state index in [1.165, 1.54) is 0 Å². The van der Waals surface area contributed by atoms with E-state index in [-0.39, 0.29) is 18.9 Å². The fraction of sp³-hybridized carbons (Fsp3) is 0.250. The molecule has 0 unspecified atom stereocenters. The van der Waals surface area contributed by atoms with Gasteiger partial charge in [-0.25, -0.2) is 4.79 Å². The SMILES string of the molecule is CCOC(=O)c1n[nH]nc1-c1ccc(OC)c(COc2ccc(OC)cc2)c1. The van der Waals surface area contributed by atoms with Crippen molar-refractivity contribution in [2.45, 2.75) is 13.5 Å². The van der Waals surface area contributed by atoms with Crippen molar-refractivity contribution in [2.24, 2.45) is 0 Å². The van der Waals surface area contributed by atoms with E-state index in [0.29, 0.717) is 22.8 Å². The van der Waals surface area contributed by atoms with Crippen LogP contribution in [0, 0.1) is 0 Å². The van der Waals surface area contributed by atoms with Crippen molar-refractivity contribution in [3.8, 4) is 28.5 Å². The first-order chi connectivity index (χ1) is 13.7. The number of esters is 1. The number of aromatic amines is 1. The lowest BCUT2D eigenvalue weighted by atomic mass is 10.1. The number of hydrogen-bond acceptors (Lipinski definition) is 7. The number of H-pyrrole nitrogens is 1. The predicted octanol–water partition coefficient (Wildman–Crippen LogP) is 3.24. The second-order valence-corrected chi connectivity index (χ2v) is 5.73. The van der Waals surface area contributed by atoms with Crippen LogP contribution in [0.2, 0.25) is 0 Å². The highest BCUT2D eigenvalue weighted by Gasteiger charge is 2.20. The van der Waals surface area contributed by atoms with Gasteiger partial charge in [0.2, 0.25) is 0 Å². The third-order valence-electron chi connectivity index (χ3n) is 4.02. The molecule has 0 saturated heterocycles. The van der Waals surface area contributed by atoms with E-state index in [4.69, 9.17) is 18.9 Å². The van der Waals surface area contributed by atoms with Crippen molar-refractivity contribution in [3.05, 3.63) is 53.7 Å². The number of carbonyl (C=O) groups excluding carboxylic acids is 1. The Hall–Kier alpha value is -3.55. The van der Waals surface area contributed by atoms with Crippen molar-refractivity contribution in [1.29, 1.82) is 0 Å². The Kier molecular flexibility index (Phi) is 6.11. The Morgan fingerprint density at radius 3 is 2.43 bits per heavy atom. The highest BCUT2D eigenvalue weighted by Crippen LogP contribution is 2.28. The van der Waals surface area contributed by atoms with Gasteiger partial charge in [-0.2, -0.15) is 10.3 Å². The molecule has 8 nitrogen and oxygen atoms in total. The maximum atomic E-state index is 12.1. The number of carbonyl (C=O) groups is 1. The standard InChI is InChI=1S/C20H21N3O5/c1-4-27-20(24)19-18(21-23-22-19)13-5-10-17(26-3)14(11-13)12-28-16-8-6-15(25-2)7-9-16/h5-11H,4,12H2,1-3H3,(H,21,22,23). The molecule has 0 saturated carbocycles. The highest BCUT2D eigenvalue weighted by atomic mass is 16.5. The summed E-state index contributed by atoms with van der Waals surface area (Å²) in [5, 5.41) is 10.5. The number of ether oxygens (including phenoxy) is 4. The van der Waals surface area contributed by atoms with Gasteiger partial charge in [0, 0.05) is 11.1 Å². The monoisotopic (exact) mass is 383 g/mol. The molecule has 8 heteroatoms. The average Bonchev–Trinajstić information content (AvgIpc) is 3.22. The van der Waals surface area contributed by atoms with Gasteiger partial charge in [-0.1, -0.05) is 0 Å². The number of rotatable bonds is 8. The minimum atomic E-state index is -0.530. The number of nitrogens with one attached hydrogen (secondary N) is 1. The summed E-state index contributed by atoms with van der Waals surface area (Å²) < 4.78 is 21.4. The van der Waals surface area contributed by atoms with Crippen LogP contribution in [0.3, 0.4) is 0 Å². The molecular weight excluding hydrogens is 362 g/mol. The van der Waals surface area contributed by atoms with Crippen molar-refractivity contribution in [3.63, 3.8) is 0 Å². The van der Waals surface area contributed by atoms with Crippen LogP contribution in [-0.4, -0.2) is 42.2 Å². The fourth-order valence-electron chi connectivity index (χ4n) is 2.65. The van der Waals surface area contributed by atoms with Gasteiger partial charge in [-0.3, -0.25) is 0 Å². The van der Waals surface area contributed by atoms with E-state index in [1.54, 1.807) is 33.3 Å².